The zero-order valence-corrected chi connectivity index (χ0v) is 9.34. The predicted molar refractivity (Wildman–Crippen MR) is 62.7 cm³/mol. The van der Waals surface area contributed by atoms with Gasteiger partial charge in [0.2, 0.25) is 0 Å². The van der Waals surface area contributed by atoms with Gasteiger partial charge in [-0.25, -0.2) is 0 Å². The molecule has 2 nitrogen and oxygen atoms in total. The monoisotopic (exact) mass is 209 g/mol. The molecule has 0 radical (unpaired) electrons. The summed E-state index contributed by atoms with van der Waals surface area (Å²) in [6, 6.07) is 7.18. The maximum atomic E-state index is 9.61. The number of thiocarbonyl (C=S) groups is 1. The molecule has 1 aromatic carbocycles. The lowest BCUT2D eigenvalue weighted by Crippen LogP contribution is -2.29. The maximum absolute atomic E-state index is 9.61. The van der Waals surface area contributed by atoms with E-state index in [0.29, 0.717) is 4.99 Å². The van der Waals surface area contributed by atoms with Crippen molar-refractivity contribution < 1.29 is 5.11 Å². The van der Waals surface area contributed by atoms with Gasteiger partial charge in [0, 0.05) is 13.1 Å². The van der Waals surface area contributed by atoms with E-state index in [9.17, 15) is 5.11 Å². The zero-order valence-electron chi connectivity index (χ0n) is 8.53. The molecule has 0 saturated heterocycles. The molecule has 0 aliphatic heterocycles. The number of aromatic hydroxyl groups is 1. The second-order valence-electron chi connectivity index (χ2n) is 2.99. The third kappa shape index (κ3) is 2.23. The van der Waals surface area contributed by atoms with Crippen LogP contribution in [0.1, 0.15) is 19.4 Å². The average molecular weight is 209 g/mol. The molecule has 0 bridgehead atoms. The summed E-state index contributed by atoms with van der Waals surface area (Å²) in [5.41, 5.74) is 0.742. The van der Waals surface area contributed by atoms with Crippen molar-refractivity contribution in [1.29, 1.82) is 0 Å². The van der Waals surface area contributed by atoms with Gasteiger partial charge in [0.15, 0.2) is 0 Å². The van der Waals surface area contributed by atoms with Gasteiger partial charge in [-0.2, -0.15) is 0 Å². The molecular formula is C11H15NOS. The quantitative estimate of drug-likeness (QED) is 0.773. The van der Waals surface area contributed by atoms with Gasteiger partial charge in [-0.1, -0.05) is 24.4 Å². The minimum absolute atomic E-state index is 0.254. The number of rotatable bonds is 3. The summed E-state index contributed by atoms with van der Waals surface area (Å²) in [5, 5.41) is 9.61. The molecule has 1 N–H and O–H groups in total. The highest BCUT2D eigenvalue weighted by Crippen LogP contribution is 2.18. The van der Waals surface area contributed by atoms with Crippen LogP contribution in [0.2, 0.25) is 0 Å². The van der Waals surface area contributed by atoms with Crippen molar-refractivity contribution in [2.45, 2.75) is 13.8 Å². The molecule has 0 atom stereocenters. The van der Waals surface area contributed by atoms with Crippen LogP contribution in [-0.2, 0) is 0 Å². The summed E-state index contributed by atoms with van der Waals surface area (Å²) >= 11 is 5.29. The first-order valence-corrected chi connectivity index (χ1v) is 5.18. The molecule has 0 spiro atoms. The lowest BCUT2D eigenvalue weighted by Gasteiger charge is -2.22. The molecule has 0 aromatic heterocycles. The van der Waals surface area contributed by atoms with Crippen LogP contribution < -0.4 is 0 Å². The standard InChI is InChI=1S/C11H15NOS/c1-3-12(4-2)11(14)9-7-5-6-8-10(9)13/h5-8,13H,3-4H2,1-2H3. The van der Waals surface area contributed by atoms with E-state index >= 15 is 0 Å². The highest BCUT2D eigenvalue weighted by Gasteiger charge is 2.10. The molecule has 0 fully saturated rings. The molecule has 0 aliphatic rings. The van der Waals surface area contributed by atoms with Crippen LogP contribution in [0.3, 0.4) is 0 Å². The third-order valence-electron chi connectivity index (χ3n) is 2.19. The molecule has 0 heterocycles. The van der Waals surface area contributed by atoms with Gasteiger partial charge >= 0.3 is 0 Å². The van der Waals surface area contributed by atoms with E-state index < -0.39 is 0 Å². The number of nitrogens with zero attached hydrogens (tertiary/aromatic N) is 1. The van der Waals surface area contributed by atoms with Crippen molar-refractivity contribution in [1.82, 2.24) is 4.90 Å². The van der Waals surface area contributed by atoms with Gasteiger partial charge in [-0.05, 0) is 26.0 Å². The molecule has 0 aliphatic carbocycles. The predicted octanol–water partition coefficient (Wildman–Crippen LogP) is 2.41. The normalized spacial score (nSPS) is 9.86. The van der Waals surface area contributed by atoms with Gasteiger partial charge in [-0.3, -0.25) is 0 Å². The maximum Gasteiger partial charge on any atom is 0.125 e. The fourth-order valence-electron chi connectivity index (χ4n) is 1.34. The Labute approximate surface area is 90.2 Å². The fraction of sp³-hybridized carbons (Fsp3) is 0.364. The van der Waals surface area contributed by atoms with E-state index in [1.165, 1.54) is 0 Å². The summed E-state index contributed by atoms with van der Waals surface area (Å²) in [6.07, 6.45) is 0. The Bertz CT molecular complexity index is 321. The first kappa shape index (κ1) is 11.0. The van der Waals surface area contributed by atoms with E-state index in [-0.39, 0.29) is 5.75 Å². The van der Waals surface area contributed by atoms with E-state index in [1.807, 2.05) is 17.0 Å². The smallest absolute Gasteiger partial charge is 0.125 e. The number of para-hydroxylation sites is 1. The molecule has 1 aromatic rings. The van der Waals surface area contributed by atoms with E-state index in [2.05, 4.69) is 13.8 Å². The van der Waals surface area contributed by atoms with Crippen molar-refractivity contribution in [2.24, 2.45) is 0 Å². The molecule has 0 unspecified atom stereocenters. The summed E-state index contributed by atoms with van der Waals surface area (Å²) in [4.78, 5) is 2.76. The van der Waals surface area contributed by atoms with Crippen LogP contribution in [-0.4, -0.2) is 28.1 Å². The first-order chi connectivity index (χ1) is 6.70. The Morgan fingerprint density at radius 2 is 1.86 bits per heavy atom. The van der Waals surface area contributed by atoms with Crippen molar-refractivity contribution in [3.8, 4) is 5.75 Å². The van der Waals surface area contributed by atoms with E-state index in [1.54, 1.807) is 12.1 Å². The Morgan fingerprint density at radius 3 is 2.36 bits per heavy atom. The Morgan fingerprint density at radius 1 is 1.29 bits per heavy atom. The van der Waals surface area contributed by atoms with Gasteiger partial charge in [0.05, 0.1) is 5.56 Å². The minimum atomic E-state index is 0.254. The Balaban J connectivity index is 2.94. The van der Waals surface area contributed by atoms with Crippen LogP contribution >= 0.6 is 12.2 Å². The SMILES string of the molecule is CCN(CC)C(=S)c1ccccc1O. The Hall–Kier alpha value is -1.09. The van der Waals surface area contributed by atoms with Crippen LogP contribution in [0, 0.1) is 0 Å². The first-order valence-electron chi connectivity index (χ1n) is 4.78. The molecule has 76 valence electrons. The Kier molecular flexibility index (Phi) is 3.89. The largest absolute Gasteiger partial charge is 0.507 e. The second kappa shape index (κ2) is 4.96. The molecule has 14 heavy (non-hydrogen) atoms. The summed E-state index contributed by atoms with van der Waals surface area (Å²) < 4.78 is 0. The van der Waals surface area contributed by atoms with Crippen molar-refractivity contribution >= 4 is 17.2 Å². The van der Waals surface area contributed by atoms with Crippen molar-refractivity contribution in [3.05, 3.63) is 29.8 Å². The molecule has 1 rings (SSSR count). The molecule has 0 amide bonds. The third-order valence-corrected chi connectivity index (χ3v) is 2.66. The van der Waals surface area contributed by atoms with Crippen molar-refractivity contribution in [2.75, 3.05) is 13.1 Å². The van der Waals surface area contributed by atoms with Gasteiger partial charge in [0.25, 0.3) is 0 Å². The van der Waals surface area contributed by atoms with E-state index in [4.69, 9.17) is 12.2 Å². The number of benzene rings is 1. The topological polar surface area (TPSA) is 23.5 Å². The highest BCUT2D eigenvalue weighted by atomic mass is 32.1. The molecular weight excluding hydrogens is 194 g/mol. The summed E-state index contributed by atoms with van der Waals surface area (Å²) in [5.74, 6) is 0.254. The minimum Gasteiger partial charge on any atom is -0.507 e. The molecule has 0 saturated carbocycles. The number of phenols is 1. The van der Waals surface area contributed by atoms with Crippen LogP contribution in [0.25, 0.3) is 0 Å². The summed E-state index contributed by atoms with van der Waals surface area (Å²) in [7, 11) is 0. The van der Waals surface area contributed by atoms with Crippen LogP contribution in [0.4, 0.5) is 0 Å². The molecule has 3 heteroatoms. The van der Waals surface area contributed by atoms with Gasteiger partial charge in [0.1, 0.15) is 10.7 Å². The van der Waals surface area contributed by atoms with Crippen LogP contribution in [0.5, 0.6) is 5.75 Å². The number of hydrogen-bond donors (Lipinski definition) is 1. The van der Waals surface area contributed by atoms with E-state index in [0.717, 1.165) is 18.7 Å². The van der Waals surface area contributed by atoms with Crippen molar-refractivity contribution in [3.63, 3.8) is 0 Å². The number of phenolic OH excluding ortho intramolecular Hbond substituents is 1. The highest BCUT2D eigenvalue weighted by molar-refractivity contribution is 7.80. The average Bonchev–Trinajstić information content (AvgIpc) is 2.20. The number of hydrogen-bond acceptors (Lipinski definition) is 2. The lowest BCUT2D eigenvalue weighted by atomic mass is 10.2. The van der Waals surface area contributed by atoms with Gasteiger partial charge < -0.3 is 10.0 Å². The van der Waals surface area contributed by atoms with Crippen LogP contribution in [0.15, 0.2) is 24.3 Å². The zero-order chi connectivity index (χ0) is 10.6. The summed E-state index contributed by atoms with van der Waals surface area (Å²) in [6.45, 7) is 5.83. The second-order valence-corrected chi connectivity index (χ2v) is 3.38. The lowest BCUT2D eigenvalue weighted by molar-refractivity contribution is 0.458. The fourth-order valence-corrected chi connectivity index (χ4v) is 1.77. The van der Waals surface area contributed by atoms with Gasteiger partial charge in [-0.15, -0.1) is 0 Å².